The van der Waals surface area contributed by atoms with E-state index >= 15 is 0 Å². The van der Waals surface area contributed by atoms with Crippen molar-refractivity contribution in [2.75, 3.05) is 5.32 Å². The number of rotatable bonds is 2. The summed E-state index contributed by atoms with van der Waals surface area (Å²) in [5, 5.41) is 2.81. The minimum absolute atomic E-state index is 0.149. The lowest BCUT2D eigenvalue weighted by atomic mass is 10.1. The molecule has 1 atom stereocenters. The molecule has 2 heterocycles. The van der Waals surface area contributed by atoms with Crippen LogP contribution in [-0.2, 0) is 4.79 Å². The third kappa shape index (κ3) is 2.13. The van der Waals surface area contributed by atoms with Gasteiger partial charge in [0.15, 0.2) is 12.4 Å². The van der Waals surface area contributed by atoms with E-state index in [4.69, 9.17) is 4.74 Å². The fourth-order valence-corrected chi connectivity index (χ4v) is 2.75. The van der Waals surface area contributed by atoms with Gasteiger partial charge in [-0.05, 0) is 42.8 Å². The van der Waals surface area contributed by atoms with Gasteiger partial charge in [-0.25, -0.2) is 0 Å². The molecule has 0 bridgehead atoms. The Bertz CT molecular complexity index is 662. The molecule has 5 heteroatoms. The van der Waals surface area contributed by atoms with Crippen LogP contribution in [0.1, 0.15) is 16.6 Å². The van der Waals surface area contributed by atoms with E-state index in [0.717, 1.165) is 16.7 Å². The van der Waals surface area contributed by atoms with Gasteiger partial charge in [0.05, 0.1) is 10.6 Å². The molecule has 1 aromatic carbocycles. The van der Waals surface area contributed by atoms with Gasteiger partial charge in [-0.15, -0.1) is 11.3 Å². The Morgan fingerprint density at radius 1 is 1.32 bits per heavy atom. The van der Waals surface area contributed by atoms with Gasteiger partial charge in [-0.3, -0.25) is 9.59 Å². The van der Waals surface area contributed by atoms with Crippen LogP contribution in [0.3, 0.4) is 0 Å². The zero-order valence-electron chi connectivity index (χ0n) is 10.2. The molecule has 19 heavy (non-hydrogen) atoms. The Labute approximate surface area is 114 Å². The van der Waals surface area contributed by atoms with E-state index in [1.807, 2.05) is 24.3 Å². The Morgan fingerprint density at radius 3 is 2.89 bits per heavy atom. The standard InChI is InChI=1S/C14H11NO3S/c1-8-14(17)15-11-6-9(2-4-12(11)18-8)13-5-3-10(7-16)19-13/h2-8H,1H3,(H,15,17). The molecule has 2 aromatic rings. The first-order valence-corrected chi connectivity index (χ1v) is 6.66. The summed E-state index contributed by atoms with van der Waals surface area (Å²) in [6.45, 7) is 1.71. The van der Waals surface area contributed by atoms with Gasteiger partial charge in [0.25, 0.3) is 5.91 Å². The van der Waals surface area contributed by atoms with Crippen molar-refractivity contribution in [3.8, 4) is 16.2 Å². The number of fused-ring (bicyclic) bond motifs is 1. The van der Waals surface area contributed by atoms with Gasteiger partial charge in [0.1, 0.15) is 5.75 Å². The number of nitrogens with one attached hydrogen (secondary N) is 1. The van der Waals surface area contributed by atoms with E-state index in [2.05, 4.69) is 5.32 Å². The topological polar surface area (TPSA) is 55.4 Å². The lowest BCUT2D eigenvalue weighted by molar-refractivity contribution is -0.122. The number of amides is 1. The van der Waals surface area contributed by atoms with Crippen molar-refractivity contribution in [3.05, 3.63) is 35.2 Å². The van der Waals surface area contributed by atoms with E-state index in [0.29, 0.717) is 16.3 Å². The van der Waals surface area contributed by atoms with Crippen LogP contribution in [0.15, 0.2) is 30.3 Å². The van der Waals surface area contributed by atoms with Crippen LogP contribution in [0.2, 0.25) is 0 Å². The van der Waals surface area contributed by atoms with Crippen molar-refractivity contribution in [1.29, 1.82) is 0 Å². The number of hydrogen-bond acceptors (Lipinski definition) is 4. The summed E-state index contributed by atoms with van der Waals surface area (Å²) in [5.41, 5.74) is 1.62. The van der Waals surface area contributed by atoms with Crippen molar-refractivity contribution in [1.82, 2.24) is 0 Å². The summed E-state index contributed by atoms with van der Waals surface area (Å²) < 4.78 is 5.50. The van der Waals surface area contributed by atoms with Crippen LogP contribution in [-0.4, -0.2) is 18.3 Å². The molecule has 96 valence electrons. The van der Waals surface area contributed by atoms with Crippen molar-refractivity contribution in [2.24, 2.45) is 0 Å². The van der Waals surface area contributed by atoms with Crippen molar-refractivity contribution >= 4 is 29.2 Å². The smallest absolute Gasteiger partial charge is 0.265 e. The lowest BCUT2D eigenvalue weighted by Crippen LogP contribution is -2.34. The molecule has 1 aromatic heterocycles. The molecule has 1 aliphatic rings. The average Bonchev–Trinajstić information content (AvgIpc) is 2.88. The molecule has 1 N–H and O–H groups in total. The maximum atomic E-state index is 11.6. The highest BCUT2D eigenvalue weighted by Gasteiger charge is 2.23. The Morgan fingerprint density at radius 2 is 2.16 bits per heavy atom. The third-order valence-corrected chi connectivity index (χ3v) is 4.00. The summed E-state index contributed by atoms with van der Waals surface area (Å²) >= 11 is 1.42. The van der Waals surface area contributed by atoms with Crippen LogP contribution in [0, 0.1) is 0 Å². The van der Waals surface area contributed by atoms with Gasteiger partial charge >= 0.3 is 0 Å². The predicted molar refractivity (Wildman–Crippen MR) is 73.9 cm³/mol. The molecule has 0 fully saturated rings. The number of anilines is 1. The second-order valence-electron chi connectivity index (χ2n) is 4.28. The van der Waals surface area contributed by atoms with Crippen molar-refractivity contribution in [3.63, 3.8) is 0 Å². The van der Waals surface area contributed by atoms with Crippen LogP contribution >= 0.6 is 11.3 Å². The number of benzene rings is 1. The zero-order valence-corrected chi connectivity index (χ0v) is 11.0. The highest BCUT2D eigenvalue weighted by molar-refractivity contribution is 7.17. The van der Waals surface area contributed by atoms with Gasteiger partial charge in [0.2, 0.25) is 0 Å². The molecule has 0 saturated carbocycles. The highest BCUT2D eigenvalue weighted by atomic mass is 32.1. The normalized spacial score (nSPS) is 17.3. The quantitative estimate of drug-likeness (QED) is 0.856. The van der Waals surface area contributed by atoms with Gasteiger partial charge in [0, 0.05) is 4.88 Å². The molecule has 0 saturated heterocycles. The molecule has 0 spiro atoms. The van der Waals surface area contributed by atoms with Crippen LogP contribution in [0.5, 0.6) is 5.75 Å². The number of hydrogen-bond donors (Lipinski definition) is 1. The van der Waals surface area contributed by atoms with Crippen LogP contribution < -0.4 is 10.1 Å². The number of ether oxygens (including phenoxy) is 1. The molecule has 1 aliphatic heterocycles. The minimum Gasteiger partial charge on any atom is -0.479 e. The van der Waals surface area contributed by atoms with Crippen molar-refractivity contribution in [2.45, 2.75) is 13.0 Å². The average molecular weight is 273 g/mol. The molecule has 3 rings (SSSR count). The Hall–Kier alpha value is -2.14. The molecule has 1 unspecified atom stereocenters. The maximum absolute atomic E-state index is 11.6. The fraction of sp³-hybridized carbons (Fsp3) is 0.143. The first kappa shape index (κ1) is 11.9. The molecule has 0 radical (unpaired) electrons. The SMILES string of the molecule is CC1Oc2ccc(-c3ccc(C=O)s3)cc2NC1=O. The number of carbonyl (C=O) groups is 2. The maximum Gasteiger partial charge on any atom is 0.265 e. The summed E-state index contributed by atoms with van der Waals surface area (Å²) in [6, 6.07) is 9.29. The summed E-state index contributed by atoms with van der Waals surface area (Å²) in [5.74, 6) is 0.521. The predicted octanol–water partition coefficient (Wildman–Crippen LogP) is 2.95. The number of carbonyl (C=O) groups excluding carboxylic acids is 2. The van der Waals surface area contributed by atoms with Gasteiger partial charge in [-0.1, -0.05) is 0 Å². The first-order valence-electron chi connectivity index (χ1n) is 5.84. The third-order valence-electron chi connectivity index (χ3n) is 2.94. The Kier molecular flexibility index (Phi) is 2.83. The van der Waals surface area contributed by atoms with Crippen LogP contribution in [0.4, 0.5) is 5.69 Å². The van der Waals surface area contributed by atoms with E-state index in [1.165, 1.54) is 11.3 Å². The van der Waals surface area contributed by atoms with E-state index in [-0.39, 0.29) is 5.91 Å². The van der Waals surface area contributed by atoms with Gasteiger partial charge < -0.3 is 10.1 Å². The lowest BCUT2D eigenvalue weighted by Gasteiger charge is -2.23. The minimum atomic E-state index is -0.471. The molecule has 4 nitrogen and oxygen atoms in total. The van der Waals surface area contributed by atoms with Gasteiger partial charge in [-0.2, -0.15) is 0 Å². The fourth-order valence-electron chi connectivity index (χ4n) is 1.93. The summed E-state index contributed by atoms with van der Waals surface area (Å²) in [6.07, 6.45) is 0.362. The molecular weight excluding hydrogens is 262 g/mol. The highest BCUT2D eigenvalue weighted by Crippen LogP contribution is 2.36. The van der Waals surface area contributed by atoms with E-state index in [9.17, 15) is 9.59 Å². The molecule has 1 amide bonds. The van der Waals surface area contributed by atoms with Crippen LogP contribution in [0.25, 0.3) is 10.4 Å². The van der Waals surface area contributed by atoms with Crippen molar-refractivity contribution < 1.29 is 14.3 Å². The second-order valence-corrected chi connectivity index (χ2v) is 5.40. The number of aldehydes is 1. The Balaban J connectivity index is 1.99. The number of thiophene rings is 1. The largest absolute Gasteiger partial charge is 0.479 e. The summed E-state index contributed by atoms with van der Waals surface area (Å²) in [7, 11) is 0. The zero-order chi connectivity index (χ0) is 13.4. The second kappa shape index (κ2) is 4.51. The molecular formula is C14H11NO3S. The van der Waals surface area contributed by atoms with E-state index < -0.39 is 6.10 Å². The molecule has 0 aliphatic carbocycles. The monoisotopic (exact) mass is 273 g/mol. The summed E-state index contributed by atoms with van der Waals surface area (Å²) in [4.78, 5) is 23.9. The first-order chi connectivity index (χ1) is 9.17. The van der Waals surface area contributed by atoms with E-state index in [1.54, 1.807) is 13.0 Å².